The zero-order valence-corrected chi connectivity index (χ0v) is 12.9. The van der Waals surface area contributed by atoms with Gasteiger partial charge in [-0.05, 0) is 26.0 Å². The van der Waals surface area contributed by atoms with E-state index in [1.54, 1.807) is 45.2 Å². The first-order valence-electron chi connectivity index (χ1n) is 5.85. The Kier molecular flexibility index (Phi) is 4.03. The Morgan fingerprint density at radius 3 is 2.45 bits per heavy atom. The van der Waals surface area contributed by atoms with Gasteiger partial charge in [-0.15, -0.1) is 4.83 Å². The van der Waals surface area contributed by atoms with Gasteiger partial charge in [-0.25, -0.2) is 8.42 Å². The lowest BCUT2D eigenvalue weighted by atomic mass is 10.3. The molecule has 1 aromatic heterocycles. The van der Waals surface area contributed by atoms with Gasteiger partial charge in [0, 0.05) is 7.05 Å². The van der Waals surface area contributed by atoms with Crippen molar-refractivity contribution in [3.63, 3.8) is 0 Å². The average molecular weight is 315 g/mol. The van der Waals surface area contributed by atoms with Crippen LogP contribution in [0.2, 0.25) is 5.02 Å². The van der Waals surface area contributed by atoms with Gasteiger partial charge in [0.25, 0.3) is 10.0 Å². The standard InChI is InChI=1S/C12H15ClN4O2S/c1-8-12(9(2)17(3)15-8)20(18,19)16-14-11-7-5-4-6-10(11)13/h4-7,14,16H,1-3H3. The minimum Gasteiger partial charge on any atom is -0.306 e. The second-order valence-electron chi connectivity index (χ2n) is 4.33. The summed E-state index contributed by atoms with van der Waals surface area (Å²) in [4.78, 5) is 2.48. The Balaban J connectivity index is 2.27. The third kappa shape index (κ3) is 2.79. The van der Waals surface area contributed by atoms with E-state index in [-0.39, 0.29) is 4.90 Å². The van der Waals surface area contributed by atoms with Crippen LogP contribution in [-0.4, -0.2) is 18.2 Å². The maximum absolute atomic E-state index is 12.3. The van der Waals surface area contributed by atoms with Crippen molar-refractivity contribution in [2.75, 3.05) is 5.43 Å². The lowest BCUT2D eigenvalue weighted by Crippen LogP contribution is -2.30. The molecule has 108 valence electrons. The van der Waals surface area contributed by atoms with E-state index in [2.05, 4.69) is 15.4 Å². The average Bonchev–Trinajstić information content (AvgIpc) is 2.62. The number of halogens is 1. The van der Waals surface area contributed by atoms with Gasteiger partial charge >= 0.3 is 0 Å². The van der Waals surface area contributed by atoms with Crippen LogP contribution in [0.1, 0.15) is 11.4 Å². The maximum atomic E-state index is 12.3. The molecule has 0 unspecified atom stereocenters. The number of hydrogen-bond acceptors (Lipinski definition) is 4. The van der Waals surface area contributed by atoms with Gasteiger partial charge in [0.15, 0.2) is 0 Å². The summed E-state index contributed by atoms with van der Waals surface area (Å²) in [5.41, 5.74) is 4.10. The number of hydrogen-bond donors (Lipinski definition) is 2. The summed E-state index contributed by atoms with van der Waals surface area (Å²) in [7, 11) is -2.02. The van der Waals surface area contributed by atoms with Crippen molar-refractivity contribution in [2.24, 2.45) is 7.05 Å². The van der Waals surface area contributed by atoms with Crippen LogP contribution in [0.3, 0.4) is 0 Å². The lowest BCUT2D eigenvalue weighted by molar-refractivity contribution is 0.586. The fourth-order valence-corrected chi connectivity index (χ4v) is 3.36. The molecule has 1 heterocycles. The molecule has 0 fully saturated rings. The highest BCUT2D eigenvalue weighted by molar-refractivity contribution is 7.89. The number of aryl methyl sites for hydroxylation is 2. The molecule has 0 saturated carbocycles. The highest BCUT2D eigenvalue weighted by atomic mass is 35.5. The molecule has 1 aromatic carbocycles. The van der Waals surface area contributed by atoms with Crippen molar-refractivity contribution >= 4 is 27.3 Å². The molecule has 0 bridgehead atoms. The van der Waals surface area contributed by atoms with Crippen LogP contribution in [-0.2, 0) is 17.1 Å². The Hall–Kier alpha value is -1.57. The third-order valence-corrected chi connectivity index (χ3v) is 4.73. The van der Waals surface area contributed by atoms with E-state index in [4.69, 9.17) is 11.6 Å². The van der Waals surface area contributed by atoms with Crippen molar-refractivity contribution in [3.05, 3.63) is 40.7 Å². The molecule has 8 heteroatoms. The monoisotopic (exact) mass is 314 g/mol. The van der Waals surface area contributed by atoms with E-state index in [9.17, 15) is 8.42 Å². The maximum Gasteiger partial charge on any atom is 0.260 e. The van der Waals surface area contributed by atoms with Crippen molar-refractivity contribution in [1.82, 2.24) is 14.6 Å². The van der Waals surface area contributed by atoms with Crippen molar-refractivity contribution in [2.45, 2.75) is 18.7 Å². The summed E-state index contributed by atoms with van der Waals surface area (Å²) in [5, 5.41) is 4.52. The molecule has 6 nitrogen and oxygen atoms in total. The molecule has 0 saturated heterocycles. The van der Waals surface area contributed by atoms with E-state index >= 15 is 0 Å². The predicted octanol–water partition coefficient (Wildman–Crippen LogP) is 2.00. The fourth-order valence-electron chi connectivity index (χ4n) is 1.88. The van der Waals surface area contributed by atoms with E-state index in [0.29, 0.717) is 22.1 Å². The van der Waals surface area contributed by atoms with Gasteiger partial charge in [0.1, 0.15) is 4.90 Å². The minimum absolute atomic E-state index is 0.166. The Bertz CT molecular complexity index is 740. The molecule has 0 amide bonds. The molecule has 2 rings (SSSR count). The zero-order valence-electron chi connectivity index (χ0n) is 11.3. The smallest absolute Gasteiger partial charge is 0.260 e. The molecular weight excluding hydrogens is 300 g/mol. The molecule has 0 aliphatic carbocycles. The van der Waals surface area contributed by atoms with Gasteiger partial charge in [-0.2, -0.15) is 5.10 Å². The summed E-state index contributed by atoms with van der Waals surface area (Å²) in [6, 6.07) is 6.85. The summed E-state index contributed by atoms with van der Waals surface area (Å²) >= 11 is 5.95. The number of nitrogens with zero attached hydrogens (tertiary/aromatic N) is 2. The number of aromatic nitrogens is 2. The van der Waals surface area contributed by atoms with Crippen LogP contribution in [0.4, 0.5) is 5.69 Å². The first kappa shape index (κ1) is 14.8. The van der Waals surface area contributed by atoms with Crippen LogP contribution in [0.25, 0.3) is 0 Å². The number of benzene rings is 1. The van der Waals surface area contributed by atoms with E-state index < -0.39 is 10.0 Å². The second kappa shape index (κ2) is 5.43. The highest BCUT2D eigenvalue weighted by Crippen LogP contribution is 2.21. The van der Waals surface area contributed by atoms with Crippen molar-refractivity contribution in [3.8, 4) is 0 Å². The molecule has 2 N–H and O–H groups in total. The number of nitrogens with one attached hydrogen (secondary N) is 2. The first-order chi connectivity index (χ1) is 9.33. The topological polar surface area (TPSA) is 76.0 Å². The van der Waals surface area contributed by atoms with E-state index in [0.717, 1.165) is 0 Å². The Morgan fingerprint density at radius 2 is 1.90 bits per heavy atom. The van der Waals surface area contributed by atoms with Crippen molar-refractivity contribution < 1.29 is 8.42 Å². The molecular formula is C12H15ClN4O2S. The summed E-state index contributed by atoms with van der Waals surface area (Å²) < 4.78 is 26.1. The summed E-state index contributed by atoms with van der Waals surface area (Å²) in [6.45, 7) is 3.35. The highest BCUT2D eigenvalue weighted by Gasteiger charge is 2.23. The Morgan fingerprint density at radius 1 is 1.25 bits per heavy atom. The molecule has 0 spiro atoms. The molecule has 0 aliphatic rings. The third-order valence-electron chi connectivity index (χ3n) is 2.91. The van der Waals surface area contributed by atoms with Crippen LogP contribution < -0.4 is 10.3 Å². The van der Waals surface area contributed by atoms with Crippen LogP contribution in [0.15, 0.2) is 29.2 Å². The normalized spacial score (nSPS) is 11.6. The molecule has 2 aromatic rings. The van der Waals surface area contributed by atoms with Gasteiger partial charge in [0.2, 0.25) is 0 Å². The van der Waals surface area contributed by atoms with Gasteiger partial charge < -0.3 is 5.43 Å². The van der Waals surface area contributed by atoms with Gasteiger partial charge in [-0.3, -0.25) is 4.68 Å². The molecule has 0 atom stereocenters. The van der Waals surface area contributed by atoms with Crippen LogP contribution in [0.5, 0.6) is 0 Å². The van der Waals surface area contributed by atoms with E-state index in [1.807, 2.05) is 0 Å². The summed E-state index contributed by atoms with van der Waals surface area (Å²) in [6.07, 6.45) is 0. The van der Waals surface area contributed by atoms with Crippen molar-refractivity contribution in [1.29, 1.82) is 0 Å². The quantitative estimate of drug-likeness (QED) is 0.846. The predicted molar refractivity (Wildman–Crippen MR) is 78.1 cm³/mol. The number of anilines is 1. The SMILES string of the molecule is Cc1nn(C)c(C)c1S(=O)(=O)NNc1ccccc1Cl. The number of sulfonamides is 1. The minimum atomic E-state index is -3.72. The van der Waals surface area contributed by atoms with E-state index in [1.165, 1.54) is 4.68 Å². The largest absolute Gasteiger partial charge is 0.306 e. The van der Waals surface area contributed by atoms with Gasteiger partial charge in [-0.1, -0.05) is 23.7 Å². The summed E-state index contributed by atoms with van der Waals surface area (Å²) in [5.74, 6) is 0. The van der Waals surface area contributed by atoms with Crippen LogP contribution in [0, 0.1) is 13.8 Å². The van der Waals surface area contributed by atoms with Gasteiger partial charge in [0.05, 0.1) is 22.1 Å². The Labute approximate surface area is 122 Å². The van der Waals surface area contributed by atoms with Crippen LogP contribution >= 0.6 is 11.6 Å². The number of hydrazine groups is 1. The fraction of sp³-hybridized carbons (Fsp3) is 0.250. The first-order valence-corrected chi connectivity index (χ1v) is 7.71. The lowest BCUT2D eigenvalue weighted by Gasteiger charge is -2.10. The second-order valence-corrected chi connectivity index (χ2v) is 6.36. The number of para-hydroxylation sites is 1. The molecule has 0 aliphatic heterocycles. The molecule has 0 radical (unpaired) electrons. The molecule has 20 heavy (non-hydrogen) atoms. The number of rotatable bonds is 4. The zero-order chi connectivity index (χ0) is 14.9.